The molecule has 1 aliphatic rings. The van der Waals surface area contributed by atoms with Crippen molar-refractivity contribution in [2.24, 2.45) is 0 Å². The van der Waals surface area contributed by atoms with Crippen LogP contribution in [-0.4, -0.2) is 18.0 Å². The van der Waals surface area contributed by atoms with E-state index < -0.39 is 0 Å². The van der Waals surface area contributed by atoms with Crippen LogP contribution < -0.4 is 10.6 Å². The molecule has 0 aromatic heterocycles. The molecule has 2 rings (SSSR count). The van der Waals surface area contributed by atoms with Crippen molar-refractivity contribution in [2.75, 3.05) is 5.32 Å². The van der Waals surface area contributed by atoms with Crippen molar-refractivity contribution in [3.8, 4) is 12.3 Å². The predicted molar refractivity (Wildman–Crippen MR) is 68.6 cm³/mol. The molecular weight excluding hydrogens is 212 g/mol. The summed E-state index contributed by atoms with van der Waals surface area (Å²) >= 11 is 0. The molecule has 17 heavy (non-hydrogen) atoms. The van der Waals surface area contributed by atoms with Crippen LogP contribution in [-0.2, 0) is 4.79 Å². The first-order chi connectivity index (χ1) is 8.19. The number of anilines is 1. The molecule has 1 aromatic carbocycles. The van der Waals surface area contributed by atoms with E-state index in [1.54, 1.807) is 0 Å². The van der Waals surface area contributed by atoms with E-state index in [9.17, 15) is 4.79 Å². The van der Waals surface area contributed by atoms with Crippen LogP contribution in [0.1, 0.15) is 25.3 Å². The van der Waals surface area contributed by atoms with Gasteiger partial charge in [0.1, 0.15) is 6.04 Å². The second-order valence-corrected chi connectivity index (χ2v) is 4.37. The fraction of sp³-hybridized carbons (Fsp3) is 0.357. The summed E-state index contributed by atoms with van der Waals surface area (Å²) in [5.74, 6) is 2.61. The Bertz CT molecular complexity index is 458. The molecule has 0 bridgehead atoms. The van der Waals surface area contributed by atoms with Crippen LogP contribution in [0.4, 0.5) is 5.69 Å². The molecule has 1 atom stereocenters. The lowest BCUT2D eigenvalue weighted by Crippen LogP contribution is -2.38. The molecule has 1 amide bonds. The molecule has 0 radical (unpaired) electrons. The second-order valence-electron chi connectivity index (χ2n) is 4.37. The standard InChI is InChI=1S/C14H16N2O/c1-3-11-5-4-6-13(9-11)15-10(2)14(17)16-12-7-8-12/h1,4-6,9-10,12,15H,7-8H2,2H3,(H,16,17). The summed E-state index contributed by atoms with van der Waals surface area (Å²) in [6, 6.07) is 7.65. The molecule has 0 aliphatic heterocycles. The van der Waals surface area contributed by atoms with Gasteiger partial charge in [-0.3, -0.25) is 4.79 Å². The van der Waals surface area contributed by atoms with Gasteiger partial charge in [0.2, 0.25) is 5.91 Å². The van der Waals surface area contributed by atoms with Gasteiger partial charge in [-0.25, -0.2) is 0 Å². The summed E-state index contributed by atoms with van der Waals surface area (Å²) in [5.41, 5.74) is 1.68. The molecule has 1 aliphatic carbocycles. The summed E-state index contributed by atoms with van der Waals surface area (Å²) in [6.07, 6.45) is 7.53. The number of nitrogens with one attached hydrogen (secondary N) is 2. The molecule has 3 nitrogen and oxygen atoms in total. The van der Waals surface area contributed by atoms with E-state index in [2.05, 4.69) is 16.6 Å². The van der Waals surface area contributed by atoms with Gasteiger partial charge < -0.3 is 10.6 Å². The zero-order chi connectivity index (χ0) is 12.3. The number of hydrogen-bond acceptors (Lipinski definition) is 2. The van der Waals surface area contributed by atoms with Gasteiger partial charge in [-0.05, 0) is 38.0 Å². The first kappa shape index (κ1) is 11.5. The minimum absolute atomic E-state index is 0.0404. The lowest BCUT2D eigenvalue weighted by molar-refractivity contribution is -0.121. The highest BCUT2D eigenvalue weighted by Crippen LogP contribution is 2.19. The van der Waals surface area contributed by atoms with Crippen LogP contribution in [0, 0.1) is 12.3 Å². The highest BCUT2D eigenvalue weighted by molar-refractivity contribution is 5.84. The molecule has 1 saturated carbocycles. The number of benzene rings is 1. The summed E-state index contributed by atoms with van der Waals surface area (Å²) in [5, 5.41) is 6.10. The maximum atomic E-state index is 11.7. The van der Waals surface area contributed by atoms with Crippen LogP contribution in [0.2, 0.25) is 0 Å². The number of rotatable bonds is 4. The molecule has 0 heterocycles. The Morgan fingerprint density at radius 1 is 1.53 bits per heavy atom. The first-order valence-electron chi connectivity index (χ1n) is 5.82. The fourth-order valence-electron chi connectivity index (χ4n) is 1.57. The first-order valence-corrected chi connectivity index (χ1v) is 5.82. The molecule has 1 aromatic rings. The van der Waals surface area contributed by atoms with E-state index in [1.807, 2.05) is 31.2 Å². The summed E-state index contributed by atoms with van der Waals surface area (Å²) < 4.78 is 0. The molecule has 0 saturated heterocycles. The average Bonchev–Trinajstić information content (AvgIpc) is 3.13. The number of hydrogen-bond donors (Lipinski definition) is 2. The molecular formula is C14H16N2O. The number of terminal acetylenes is 1. The zero-order valence-electron chi connectivity index (χ0n) is 9.86. The maximum absolute atomic E-state index is 11.7. The van der Waals surface area contributed by atoms with E-state index in [0.717, 1.165) is 24.1 Å². The Balaban J connectivity index is 1.94. The molecule has 3 heteroatoms. The third kappa shape index (κ3) is 3.25. The van der Waals surface area contributed by atoms with Crippen molar-refractivity contribution < 1.29 is 4.79 Å². The third-order valence-electron chi connectivity index (χ3n) is 2.73. The summed E-state index contributed by atoms with van der Waals surface area (Å²) in [6.45, 7) is 1.85. The van der Waals surface area contributed by atoms with Crippen LogP contribution >= 0.6 is 0 Å². The van der Waals surface area contributed by atoms with Crippen LogP contribution in [0.15, 0.2) is 24.3 Å². The third-order valence-corrected chi connectivity index (χ3v) is 2.73. The van der Waals surface area contributed by atoms with E-state index in [4.69, 9.17) is 6.42 Å². The average molecular weight is 228 g/mol. The van der Waals surface area contributed by atoms with Gasteiger partial charge in [0, 0.05) is 17.3 Å². The largest absolute Gasteiger partial charge is 0.374 e. The van der Waals surface area contributed by atoms with E-state index in [-0.39, 0.29) is 11.9 Å². The Hall–Kier alpha value is -1.95. The summed E-state index contributed by atoms with van der Waals surface area (Å²) in [7, 11) is 0. The lowest BCUT2D eigenvalue weighted by atomic mass is 10.2. The smallest absolute Gasteiger partial charge is 0.242 e. The maximum Gasteiger partial charge on any atom is 0.242 e. The predicted octanol–water partition coefficient (Wildman–Crippen LogP) is 1.75. The highest BCUT2D eigenvalue weighted by Gasteiger charge is 2.25. The van der Waals surface area contributed by atoms with Gasteiger partial charge in [0.05, 0.1) is 0 Å². The molecule has 1 fully saturated rings. The number of amides is 1. The zero-order valence-corrected chi connectivity index (χ0v) is 9.86. The van der Waals surface area contributed by atoms with Gasteiger partial charge in [0.25, 0.3) is 0 Å². The minimum Gasteiger partial charge on any atom is -0.374 e. The SMILES string of the molecule is C#Cc1cccc(NC(C)C(=O)NC2CC2)c1. The van der Waals surface area contributed by atoms with Crippen molar-refractivity contribution in [2.45, 2.75) is 31.8 Å². The van der Waals surface area contributed by atoms with E-state index in [1.165, 1.54) is 0 Å². The quantitative estimate of drug-likeness (QED) is 0.771. The van der Waals surface area contributed by atoms with Gasteiger partial charge in [-0.1, -0.05) is 12.0 Å². The van der Waals surface area contributed by atoms with Crippen molar-refractivity contribution in [3.63, 3.8) is 0 Å². The second kappa shape index (κ2) is 4.92. The molecule has 88 valence electrons. The molecule has 2 N–H and O–H groups in total. The highest BCUT2D eigenvalue weighted by atomic mass is 16.2. The van der Waals surface area contributed by atoms with Gasteiger partial charge in [0.15, 0.2) is 0 Å². The van der Waals surface area contributed by atoms with Gasteiger partial charge >= 0.3 is 0 Å². The minimum atomic E-state index is -0.247. The molecule has 0 spiro atoms. The monoisotopic (exact) mass is 228 g/mol. The van der Waals surface area contributed by atoms with Crippen molar-refractivity contribution in [1.29, 1.82) is 0 Å². The van der Waals surface area contributed by atoms with Gasteiger partial charge in [-0.2, -0.15) is 0 Å². The van der Waals surface area contributed by atoms with E-state index >= 15 is 0 Å². The topological polar surface area (TPSA) is 41.1 Å². The van der Waals surface area contributed by atoms with Crippen LogP contribution in [0.3, 0.4) is 0 Å². The Morgan fingerprint density at radius 2 is 2.29 bits per heavy atom. The Labute approximate surface area is 102 Å². The van der Waals surface area contributed by atoms with Crippen LogP contribution in [0.5, 0.6) is 0 Å². The number of carbonyl (C=O) groups excluding carboxylic acids is 1. The normalized spacial score (nSPS) is 15.8. The van der Waals surface area contributed by atoms with Crippen molar-refractivity contribution in [3.05, 3.63) is 29.8 Å². The van der Waals surface area contributed by atoms with Gasteiger partial charge in [-0.15, -0.1) is 6.42 Å². The lowest BCUT2D eigenvalue weighted by Gasteiger charge is -2.15. The Morgan fingerprint density at radius 3 is 2.94 bits per heavy atom. The molecule has 1 unspecified atom stereocenters. The fourth-order valence-corrected chi connectivity index (χ4v) is 1.57. The summed E-state index contributed by atoms with van der Waals surface area (Å²) in [4.78, 5) is 11.7. The van der Waals surface area contributed by atoms with E-state index in [0.29, 0.717) is 6.04 Å². The van der Waals surface area contributed by atoms with Crippen molar-refractivity contribution >= 4 is 11.6 Å². The Kier molecular flexibility index (Phi) is 3.34. The van der Waals surface area contributed by atoms with Crippen LogP contribution in [0.25, 0.3) is 0 Å². The van der Waals surface area contributed by atoms with Crippen molar-refractivity contribution in [1.82, 2.24) is 5.32 Å². The number of carbonyl (C=O) groups is 1.